The van der Waals surface area contributed by atoms with Crippen LogP contribution >= 0.6 is 0 Å². The van der Waals surface area contributed by atoms with Crippen molar-refractivity contribution in [3.8, 4) is 11.5 Å². The average molecular weight is 371 g/mol. The Morgan fingerprint density at radius 1 is 1.15 bits per heavy atom. The van der Waals surface area contributed by atoms with Gasteiger partial charge in [0.05, 0.1) is 0 Å². The zero-order valence-corrected chi connectivity index (χ0v) is 16.1. The Kier molecular flexibility index (Phi) is 5.99. The average Bonchev–Trinajstić information content (AvgIpc) is 3.37. The summed E-state index contributed by atoms with van der Waals surface area (Å²) in [7, 11) is 1.74. The van der Waals surface area contributed by atoms with Gasteiger partial charge in [-0.05, 0) is 49.7 Å². The zero-order chi connectivity index (χ0) is 18.5. The van der Waals surface area contributed by atoms with Crippen molar-refractivity contribution in [3.63, 3.8) is 0 Å². The van der Waals surface area contributed by atoms with Crippen LogP contribution in [0.25, 0.3) is 11.5 Å². The quantitative estimate of drug-likeness (QED) is 0.697. The van der Waals surface area contributed by atoms with Gasteiger partial charge in [0.1, 0.15) is 5.69 Å². The van der Waals surface area contributed by atoms with Crippen molar-refractivity contribution in [2.75, 3.05) is 44.9 Å². The molecule has 2 fully saturated rings. The molecule has 27 heavy (non-hydrogen) atoms. The van der Waals surface area contributed by atoms with E-state index in [1.165, 1.54) is 19.3 Å². The maximum Gasteiger partial charge on any atom is 0.227 e. The molecule has 2 saturated heterocycles. The van der Waals surface area contributed by atoms with Crippen LogP contribution in [0.4, 0.5) is 5.95 Å². The molecule has 0 spiro atoms. The summed E-state index contributed by atoms with van der Waals surface area (Å²) in [5.41, 5.74) is 0.869. The van der Waals surface area contributed by atoms with Gasteiger partial charge in [0.2, 0.25) is 5.95 Å². The number of rotatable bonds is 7. The van der Waals surface area contributed by atoms with E-state index in [2.05, 4.69) is 24.6 Å². The van der Waals surface area contributed by atoms with Gasteiger partial charge in [-0.1, -0.05) is 6.07 Å². The standard InChI is InChI=1S/C20H29N5O2/c1-26-12-4-10-25-19(18-5-2-3-9-21-18)22-23-20(25)24-11-6-17(15-24)16-7-13-27-14-8-16/h2-3,5,9,16-17H,4,6-8,10-15H2,1H3. The van der Waals surface area contributed by atoms with Gasteiger partial charge in [0.15, 0.2) is 5.82 Å². The Balaban J connectivity index is 1.54. The lowest BCUT2D eigenvalue weighted by molar-refractivity contribution is 0.0500. The lowest BCUT2D eigenvalue weighted by Gasteiger charge is -2.27. The van der Waals surface area contributed by atoms with Gasteiger partial charge in [-0.3, -0.25) is 9.55 Å². The lowest BCUT2D eigenvalue weighted by atomic mass is 9.85. The fourth-order valence-corrected chi connectivity index (χ4v) is 4.33. The van der Waals surface area contributed by atoms with Gasteiger partial charge >= 0.3 is 0 Å². The summed E-state index contributed by atoms with van der Waals surface area (Å²) in [6.45, 7) is 5.50. The molecule has 2 aliphatic rings. The van der Waals surface area contributed by atoms with Crippen LogP contribution < -0.4 is 4.90 Å². The molecule has 1 atom stereocenters. The third-order valence-electron chi connectivity index (χ3n) is 5.80. The van der Waals surface area contributed by atoms with E-state index in [4.69, 9.17) is 9.47 Å². The highest BCUT2D eigenvalue weighted by Gasteiger charge is 2.33. The first-order valence-electron chi connectivity index (χ1n) is 10.0. The first kappa shape index (κ1) is 18.4. The van der Waals surface area contributed by atoms with E-state index < -0.39 is 0 Å². The molecule has 2 aromatic heterocycles. The number of aromatic nitrogens is 4. The lowest BCUT2D eigenvalue weighted by Crippen LogP contribution is -2.28. The molecule has 2 aromatic rings. The summed E-state index contributed by atoms with van der Waals surface area (Å²) in [6, 6.07) is 5.91. The normalized spacial score (nSPS) is 21.1. The molecule has 0 amide bonds. The smallest absolute Gasteiger partial charge is 0.227 e. The van der Waals surface area contributed by atoms with Gasteiger partial charge in [-0.15, -0.1) is 10.2 Å². The SMILES string of the molecule is COCCCn1c(-c2ccccn2)nnc1N1CCC(C2CCOCC2)C1. The molecule has 0 aromatic carbocycles. The van der Waals surface area contributed by atoms with Crippen molar-refractivity contribution in [2.45, 2.75) is 32.2 Å². The molecule has 0 N–H and O–H groups in total. The second-order valence-corrected chi connectivity index (χ2v) is 7.48. The maximum absolute atomic E-state index is 5.54. The van der Waals surface area contributed by atoms with E-state index in [1.807, 2.05) is 18.2 Å². The van der Waals surface area contributed by atoms with Gasteiger partial charge in [-0.2, -0.15) is 0 Å². The van der Waals surface area contributed by atoms with Crippen LogP contribution in [-0.4, -0.2) is 59.8 Å². The molecule has 0 bridgehead atoms. The predicted octanol–water partition coefficient (Wildman–Crippen LogP) is 2.63. The summed E-state index contributed by atoms with van der Waals surface area (Å²) >= 11 is 0. The molecule has 7 nitrogen and oxygen atoms in total. The Labute approximate surface area is 160 Å². The molecule has 4 rings (SSSR count). The number of hydrogen-bond acceptors (Lipinski definition) is 6. The van der Waals surface area contributed by atoms with Crippen molar-refractivity contribution in [3.05, 3.63) is 24.4 Å². The molecule has 0 saturated carbocycles. The number of hydrogen-bond donors (Lipinski definition) is 0. The van der Waals surface area contributed by atoms with E-state index in [0.717, 1.165) is 75.2 Å². The molecule has 7 heteroatoms. The second kappa shape index (κ2) is 8.80. The number of ether oxygens (including phenoxy) is 2. The number of pyridine rings is 1. The Hall–Kier alpha value is -1.99. The number of anilines is 1. The maximum atomic E-state index is 5.54. The Bertz CT molecular complexity index is 714. The number of nitrogens with zero attached hydrogens (tertiary/aromatic N) is 5. The van der Waals surface area contributed by atoms with Crippen LogP contribution in [0.2, 0.25) is 0 Å². The molecule has 4 heterocycles. The van der Waals surface area contributed by atoms with Gasteiger partial charge in [0.25, 0.3) is 0 Å². The topological polar surface area (TPSA) is 65.3 Å². The van der Waals surface area contributed by atoms with E-state index >= 15 is 0 Å². The highest BCUT2D eigenvalue weighted by Crippen LogP contribution is 2.33. The number of methoxy groups -OCH3 is 1. The monoisotopic (exact) mass is 371 g/mol. The summed E-state index contributed by atoms with van der Waals surface area (Å²) in [6.07, 6.45) is 6.35. The van der Waals surface area contributed by atoms with Crippen molar-refractivity contribution in [1.29, 1.82) is 0 Å². The van der Waals surface area contributed by atoms with E-state index in [0.29, 0.717) is 0 Å². The second-order valence-electron chi connectivity index (χ2n) is 7.48. The predicted molar refractivity (Wildman–Crippen MR) is 104 cm³/mol. The summed E-state index contributed by atoms with van der Waals surface area (Å²) in [4.78, 5) is 6.89. The fourth-order valence-electron chi connectivity index (χ4n) is 4.33. The highest BCUT2D eigenvalue weighted by atomic mass is 16.5. The van der Waals surface area contributed by atoms with Crippen LogP contribution in [0.15, 0.2) is 24.4 Å². The Morgan fingerprint density at radius 3 is 2.81 bits per heavy atom. The molecule has 2 aliphatic heterocycles. The first-order valence-corrected chi connectivity index (χ1v) is 10.0. The molecule has 1 unspecified atom stereocenters. The minimum absolute atomic E-state index is 0.726. The third-order valence-corrected chi connectivity index (χ3v) is 5.80. The Morgan fingerprint density at radius 2 is 2.04 bits per heavy atom. The minimum Gasteiger partial charge on any atom is -0.385 e. The van der Waals surface area contributed by atoms with Crippen LogP contribution in [-0.2, 0) is 16.0 Å². The molecular weight excluding hydrogens is 342 g/mol. The van der Waals surface area contributed by atoms with Crippen LogP contribution in [0.3, 0.4) is 0 Å². The van der Waals surface area contributed by atoms with E-state index in [9.17, 15) is 0 Å². The third kappa shape index (κ3) is 4.14. The summed E-state index contributed by atoms with van der Waals surface area (Å²) in [5.74, 6) is 3.33. The van der Waals surface area contributed by atoms with Gasteiger partial charge in [-0.25, -0.2) is 0 Å². The fraction of sp³-hybridized carbons (Fsp3) is 0.650. The molecule has 146 valence electrons. The molecule has 0 aliphatic carbocycles. The zero-order valence-electron chi connectivity index (χ0n) is 16.1. The van der Waals surface area contributed by atoms with Crippen molar-refractivity contribution in [2.24, 2.45) is 11.8 Å². The largest absolute Gasteiger partial charge is 0.385 e. The summed E-state index contributed by atoms with van der Waals surface area (Å²) < 4.78 is 13.0. The first-order chi connectivity index (χ1) is 13.4. The van der Waals surface area contributed by atoms with Crippen molar-refractivity contribution >= 4 is 5.95 Å². The van der Waals surface area contributed by atoms with Gasteiger partial charge < -0.3 is 14.4 Å². The molecule has 0 radical (unpaired) electrons. The minimum atomic E-state index is 0.726. The van der Waals surface area contributed by atoms with Crippen molar-refractivity contribution in [1.82, 2.24) is 19.7 Å². The van der Waals surface area contributed by atoms with E-state index in [1.54, 1.807) is 13.3 Å². The summed E-state index contributed by atoms with van der Waals surface area (Å²) in [5, 5.41) is 9.06. The molecular formula is C20H29N5O2. The van der Waals surface area contributed by atoms with E-state index in [-0.39, 0.29) is 0 Å². The highest BCUT2D eigenvalue weighted by molar-refractivity contribution is 5.53. The van der Waals surface area contributed by atoms with Crippen LogP contribution in [0.5, 0.6) is 0 Å². The van der Waals surface area contributed by atoms with Crippen LogP contribution in [0.1, 0.15) is 25.7 Å². The van der Waals surface area contributed by atoms with Gasteiger partial charge in [0, 0.05) is 52.8 Å². The van der Waals surface area contributed by atoms with Crippen LogP contribution in [0, 0.1) is 11.8 Å². The van der Waals surface area contributed by atoms with Crippen molar-refractivity contribution < 1.29 is 9.47 Å².